The van der Waals surface area contributed by atoms with Gasteiger partial charge in [0.15, 0.2) is 0 Å². The molecule has 1 heterocycles. The molecular weight excluding hydrogens is 450 g/mol. The molecule has 176 valence electrons. The zero-order valence-electron chi connectivity index (χ0n) is 18.1. The molecule has 0 radical (unpaired) electrons. The average Bonchev–Trinajstić information content (AvgIpc) is 2.83. The SMILES string of the molecule is COc1ccc([N+](=O)[O-])cc1NS(=O)(=O)c1ccc(C(=O)N2CCO[C@@H]3CCCC[C@@H]32)cc1. The molecule has 2 aromatic rings. The summed E-state index contributed by atoms with van der Waals surface area (Å²) in [6.07, 6.45) is 4.05. The van der Waals surface area contributed by atoms with E-state index in [1.165, 1.54) is 43.5 Å². The standard InChI is InChI=1S/C22H25N3O7S/c1-31-20-11-8-16(25(27)28)14-18(20)23-33(29,30)17-9-6-15(7-10-17)22(26)24-12-13-32-21-5-3-2-4-19(21)24/h6-11,14,19,21,23H,2-5,12-13H2,1H3/t19-,21+/m0/s1. The van der Waals surface area contributed by atoms with Gasteiger partial charge >= 0.3 is 0 Å². The Morgan fingerprint density at radius 2 is 1.91 bits per heavy atom. The molecule has 0 unspecified atom stereocenters. The van der Waals surface area contributed by atoms with Crippen LogP contribution in [-0.2, 0) is 14.8 Å². The van der Waals surface area contributed by atoms with Gasteiger partial charge in [-0.1, -0.05) is 12.8 Å². The molecule has 1 aliphatic heterocycles. The summed E-state index contributed by atoms with van der Waals surface area (Å²) in [6.45, 7) is 1.00. The van der Waals surface area contributed by atoms with Gasteiger partial charge in [-0.05, 0) is 43.2 Å². The van der Waals surface area contributed by atoms with Crippen LogP contribution in [0.15, 0.2) is 47.4 Å². The Balaban J connectivity index is 1.53. The van der Waals surface area contributed by atoms with Crippen LogP contribution in [0.25, 0.3) is 0 Å². The second-order valence-electron chi connectivity index (χ2n) is 8.03. The highest BCUT2D eigenvalue weighted by molar-refractivity contribution is 7.92. The fourth-order valence-electron chi connectivity index (χ4n) is 4.38. The number of fused-ring (bicyclic) bond motifs is 1. The monoisotopic (exact) mass is 475 g/mol. The highest BCUT2D eigenvalue weighted by Gasteiger charge is 2.37. The molecule has 1 aliphatic carbocycles. The van der Waals surface area contributed by atoms with Crippen molar-refractivity contribution < 1.29 is 27.6 Å². The summed E-state index contributed by atoms with van der Waals surface area (Å²) in [5.41, 5.74) is 0.0672. The maximum absolute atomic E-state index is 13.1. The first-order valence-electron chi connectivity index (χ1n) is 10.7. The summed E-state index contributed by atoms with van der Waals surface area (Å²) in [6, 6.07) is 9.33. The van der Waals surface area contributed by atoms with Gasteiger partial charge < -0.3 is 14.4 Å². The number of hydrogen-bond acceptors (Lipinski definition) is 7. The third kappa shape index (κ3) is 4.79. The number of nitrogens with one attached hydrogen (secondary N) is 1. The molecule has 11 heteroatoms. The van der Waals surface area contributed by atoms with Gasteiger partial charge in [-0.25, -0.2) is 8.42 Å². The lowest BCUT2D eigenvalue weighted by molar-refractivity contribution is -0.384. The number of anilines is 1. The van der Waals surface area contributed by atoms with Crippen molar-refractivity contribution in [2.75, 3.05) is 25.0 Å². The molecule has 1 N–H and O–H groups in total. The minimum atomic E-state index is -4.07. The largest absolute Gasteiger partial charge is 0.495 e. The summed E-state index contributed by atoms with van der Waals surface area (Å²) in [7, 11) is -2.74. The second kappa shape index (κ2) is 9.36. The number of carbonyl (C=O) groups excluding carboxylic acids is 1. The van der Waals surface area contributed by atoms with Crippen molar-refractivity contribution in [3.63, 3.8) is 0 Å². The van der Waals surface area contributed by atoms with Gasteiger partial charge in [0.1, 0.15) is 5.75 Å². The van der Waals surface area contributed by atoms with E-state index in [1.54, 1.807) is 0 Å². The van der Waals surface area contributed by atoms with Crippen LogP contribution in [0, 0.1) is 10.1 Å². The molecule has 2 fully saturated rings. The first-order chi connectivity index (χ1) is 15.8. The smallest absolute Gasteiger partial charge is 0.271 e. The maximum Gasteiger partial charge on any atom is 0.271 e. The number of nitro benzene ring substituents is 1. The van der Waals surface area contributed by atoms with E-state index < -0.39 is 14.9 Å². The number of nitro groups is 1. The molecule has 1 saturated carbocycles. The van der Waals surface area contributed by atoms with Gasteiger partial charge in [-0.3, -0.25) is 19.6 Å². The molecule has 33 heavy (non-hydrogen) atoms. The number of benzene rings is 2. The van der Waals surface area contributed by atoms with E-state index >= 15 is 0 Å². The van der Waals surface area contributed by atoms with E-state index in [9.17, 15) is 23.3 Å². The van der Waals surface area contributed by atoms with Gasteiger partial charge in [0, 0.05) is 24.2 Å². The lowest BCUT2D eigenvalue weighted by Crippen LogP contribution is -2.54. The molecule has 2 atom stereocenters. The summed E-state index contributed by atoms with van der Waals surface area (Å²) < 4.78 is 39.0. The number of ether oxygens (including phenoxy) is 2. The van der Waals surface area contributed by atoms with Crippen LogP contribution in [0.1, 0.15) is 36.0 Å². The van der Waals surface area contributed by atoms with Crippen molar-refractivity contribution in [2.45, 2.75) is 42.7 Å². The van der Waals surface area contributed by atoms with Crippen molar-refractivity contribution >= 4 is 27.3 Å². The zero-order chi connectivity index (χ0) is 23.6. The first-order valence-corrected chi connectivity index (χ1v) is 12.2. The van der Waals surface area contributed by atoms with Crippen LogP contribution < -0.4 is 9.46 Å². The summed E-state index contributed by atoms with van der Waals surface area (Å²) in [5.74, 6) is -0.00205. The number of sulfonamides is 1. The van der Waals surface area contributed by atoms with Crippen molar-refractivity contribution in [3.8, 4) is 5.75 Å². The molecule has 0 aromatic heterocycles. The van der Waals surface area contributed by atoms with Gasteiger partial charge in [0.05, 0.1) is 41.4 Å². The van der Waals surface area contributed by atoms with E-state index in [4.69, 9.17) is 9.47 Å². The van der Waals surface area contributed by atoms with E-state index in [0.717, 1.165) is 31.7 Å². The van der Waals surface area contributed by atoms with Crippen LogP contribution in [0.2, 0.25) is 0 Å². The van der Waals surface area contributed by atoms with Crippen molar-refractivity contribution in [1.82, 2.24) is 4.90 Å². The Kier molecular flexibility index (Phi) is 6.52. The third-order valence-electron chi connectivity index (χ3n) is 6.04. The van der Waals surface area contributed by atoms with Crippen LogP contribution in [0.3, 0.4) is 0 Å². The molecule has 0 bridgehead atoms. The minimum Gasteiger partial charge on any atom is -0.495 e. The van der Waals surface area contributed by atoms with E-state index in [-0.39, 0.29) is 40.1 Å². The minimum absolute atomic E-state index is 0.0476. The topological polar surface area (TPSA) is 128 Å². The lowest BCUT2D eigenvalue weighted by atomic mass is 9.89. The molecule has 2 aliphatic rings. The third-order valence-corrected chi connectivity index (χ3v) is 7.42. The number of carbonyl (C=O) groups is 1. The highest BCUT2D eigenvalue weighted by atomic mass is 32.2. The Labute approximate surface area is 191 Å². The Bertz CT molecular complexity index is 1150. The number of hydrogen-bond donors (Lipinski definition) is 1. The average molecular weight is 476 g/mol. The Morgan fingerprint density at radius 1 is 1.18 bits per heavy atom. The van der Waals surface area contributed by atoms with Gasteiger partial charge in [-0.2, -0.15) is 0 Å². The molecular formula is C22H25N3O7S. The number of non-ortho nitro benzene ring substituents is 1. The zero-order valence-corrected chi connectivity index (χ0v) is 18.9. The Morgan fingerprint density at radius 3 is 2.61 bits per heavy atom. The number of morpholine rings is 1. The lowest BCUT2D eigenvalue weighted by Gasteiger charge is -2.43. The van der Waals surface area contributed by atoms with E-state index in [2.05, 4.69) is 4.72 Å². The number of methoxy groups -OCH3 is 1. The van der Waals surface area contributed by atoms with Crippen LogP contribution in [-0.4, -0.2) is 56.6 Å². The van der Waals surface area contributed by atoms with Crippen molar-refractivity contribution in [1.29, 1.82) is 0 Å². The van der Waals surface area contributed by atoms with Gasteiger partial charge in [0.25, 0.3) is 21.6 Å². The fraction of sp³-hybridized carbons (Fsp3) is 0.409. The molecule has 0 spiro atoms. The summed E-state index contributed by atoms with van der Waals surface area (Å²) >= 11 is 0. The van der Waals surface area contributed by atoms with Crippen LogP contribution >= 0.6 is 0 Å². The fourth-order valence-corrected chi connectivity index (χ4v) is 5.45. The Hall–Kier alpha value is -3.18. The molecule has 10 nitrogen and oxygen atoms in total. The van der Waals surface area contributed by atoms with E-state index in [0.29, 0.717) is 18.7 Å². The predicted molar refractivity (Wildman–Crippen MR) is 120 cm³/mol. The molecule has 1 saturated heterocycles. The van der Waals surface area contributed by atoms with Gasteiger partial charge in [-0.15, -0.1) is 0 Å². The van der Waals surface area contributed by atoms with Crippen LogP contribution in [0.5, 0.6) is 5.75 Å². The number of amides is 1. The summed E-state index contributed by atoms with van der Waals surface area (Å²) in [5, 5.41) is 11.1. The van der Waals surface area contributed by atoms with Crippen LogP contribution in [0.4, 0.5) is 11.4 Å². The van der Waals surface area contributed by atoms with Gasteiger partial charge in [0.2, 0.25) is 0 Å². The molecule has 2 aromatic carbocycles. The maximum atomic E-state index is 13.1. The van der Waals surface area contributed by atoms with Crippen molar-refractivity contribution in [3.05, 3.63) is 58.1 Å². The quantitative estimate of drug-likeness (QED) is 0.502. The number of rotatable bonds is 6. The van der Waals surface area contributed by atoms with Crippen molar-refractivity contribution in [2.24, 2.45) is 0 Å². The predicted octanol–water partition coefficient (Wildman–Crippen LogP) is 3.19. The normalized spacial score (nSPS) is 20.6. The molecule has 4 rings (SSSR count). The van der Waals surface area contributed by atoms with E-state index in [1.807, 2.05) is 4.90 Å². The molecule has 1 amide bonds. The summed E-state index contributed by atoms with van der Waals surface area (Å²) in [4.78, 5) is 25.3. The number of nitrogens with zero attached hydrogens (tertiary/aromatic N) is 2. The first kappa shape index (κ1) is 23.0. The second-order valence-corrected chi connectivity index (χ2v) is 9.71. The highest BCUT2D eigenvalue weighted by Crippen LogP contribution is 2.32.